The first kappa shape index (κ1) is 27.5. The molecule has 5 nitrogen and oxygen atoms in total. The van der Waals surface area contributed by atoms with Gasteiger partial charge in [0.05, 0.1) is 6.61 Å². The molecular weight excluding hydrogens is 388 g/mol. The van der Waals surface area contributed by atoms with Crippen molar-refractivity contribution < 1.29 is 14.3 Å². The minimum atomic E-state index is -0.269. The van der Waals surface area contributed by atoms with Crippen molar-refractivity contribution in [3.8, 4) is 11.5 Å². The predicted molar refractivity (Wildman–Crippen MR) is 123 cm³/mol. The number of ether oxygens (including phenoxy) is 2. The molecule has 0 saturated heterocycles. The molecule has 1 rings (SSSR count). The number of amides is 1. The second kappa shape index (κ2) is 15.4. The van der Waals surface area contributed by atoms with Crippen LogP contribution in [0.15, 0.2) is 18.2 Å². The van der Waals surface area contributed by atoms with E-state index in [0.717, 1.165) is 18.7 Å². The molecule has 0 aliphatic heterocycles. The number of carbonyl (C=O) groups excluding carboxylic acids is 1. The fourth-order valence-electron chi connectivity index (χ4n) is 2.91. The van der Waals surface area contributed by atoms with Gasteiger partial charge in [-0.05, 0) is 58.4 Å². The molecule has 1 aromatic carbocycles. The molecule has 0 unspecified atom stereocenters. The summed E-state index contributed by atoms with van der Waals surface area (Å²) < 4.78 is 11.4. The summed E-state index contributed by atoms with van der Waals surface area (Å²) in [4.78, 5) is 12.0. The van der Waals surface area contributed by atoms with E-state index >= 15 is 0 Å². The fraction of sp³-hybridized carbons (Fsp3) is 0.696. The molecule has 1 amide bonds. The third kappa shape index (κ3) is 13.4. The summed E-state index contributed by atoms with van der Waals surface area (Å²) in [6, 6.07) is 5.90. The zero-order chi connectivity index (χ0) is 20.8. The number of hydrogen-bond donors (Lipinski definition) is 2. The molecule has 168 valence electrons. The first-order chi connectivity index (χ1) is 13.4. The molecular formula is C23H41ClN2O3. The van der Waals surface area contributed by atoms with Crippen LogP contribution in [0.1, 0.15) is 78.7 Å². The number of hydrogen-bond acceptors (Lipinski definition) is 4. The normalized spacial score (nSPS) is 10.9. The van der Waals surface area contributed by atoms with Gasteiger partial charge in [-0.3, -0.25) is 4.79 Å². The summed E-state index contributed by atoms with van der Waals surface area (Å²) in [5, 5.41) is 6.39. The van der Waals surface area contributed by atoms with Crippen LogP contribution in [0.25, 0.3) is 0 Å². The first-order valence-electron chi connectivity index (χ1n) is 10.8. The van der Waals surface area contributed by atoms with E-state index in [0.29, 0.717) is 18.1 Å². The van der Waals surface area contributed by atoms with E-state index in [1.165, 1.54) is 38.5 Å². The van der Waals surface area contributed by atoms with E-state index in [4.69, 9.17) is 9.47 Å². The number of carbonyl (C=O) groups is 1. The summed E-state index contributed by atoms with van der Waals surface area (Å²) in [6.07, 6.45) is 7.83. The smallest absolute Gasteiger partial charge is 0.258 e. The Kier molecular flexibility index (Phi) is 14.6. The highest BCUT2D eigenvalue weighted by Crippen LogP contribution is 2.28. The lowest BCUT2D eigenvalue weighted by atomic mass is 10.1. The molecule has 0 spiro atoms. The van der Waals surface area contributed by atoms with Crippen LogP contribution in [0.2, 0.25) is 0 Å². The average molecular weight is 429 g/mol. The molecule has 6 heteroatoms. The van der Waals surface area contributed by atoms with Crippen LogP contribution in [0.5, 0.6) is 11.5 Å². The molecule has 0 saturated carbocycles. The van der Waals surface area contributed by atoms with Gasteiger partial charge in [-0.25, -0.2) is 0 Å². The number of benzene rings is 1. The predicted octanol–water partition coefficient (Wildman–Crippen LogP) is 5.25. The van der Waals surface area contributed by atoms with Gasteiger partial charge in [-0.15, -0.1) is 12.4 Å². The summed E-state index contributed by atoms with van der Waals surface area (Å²) in [7, 11) is 0. The third-order valence-corrected chi connectivity index (χ3v) is 4.22. The van der Waals surface area contributed by atoms with Crippen LogP contribution < -0.4 is 20.1 Å². The highest BCUT2D eigenvalue weighted by Gasteiger charge is 2.15. The van der Waals surface area contributed by atoms with Gasteiger partial charge in [0, 0.05) is 12.1 Å². The van der Waals surface area contributed by atoms with Crippen LogP contribution in [0.4, 0.5) is 0 Å². The standard InChI is InChI=1S/C23H40N2O3.ClH/c1-6-8-9-10-11-12-15-24-17-19-13-14-20(21(16-19)27-7-2)28-18-22(26)25-23(3,4)5;/h13-14,16,24H,6-12,15,17-18H2,1-5H3,(H,25,26);1H. The summed E-state index contributed by atoms with van der Waals surface area (Å²) in [5.41, 5.74) is 0.885. The number of unbranched alkanes of at least 4 members (excludes halogenated alkanes) is 5. The van der Waals surface area contributed by atoms with Crippen molar-refractivity contribution in [1.82, 2.24) is 10.6 Å². The quantitative estimate of drug-likeness (QED) is 0.397. The maximum Gasteiger partial charge on any atom is 0.258 e. The molecule has 0 aliphatic rings. The zero-order valence-corrected chi connectivity index (χ0v) is 19.8. The minimum Gasteiger partial charge on any atom is -0.490 e. The van der Waals surface area contributed by atoms with Crippen molar-refractivity contribution >= 4 is 18.3 Å². The molecule has 0 aromatic heterocycles. The number of halogens is 1. The lowest BCUT2D eigenvalue weighted by Crippen LogP contribution is -2.43. The van der Waals surface area contributed by atoms with E-state index in [1.54, 1.807) is 0 Å². The molecule has 0 fully saturated rings. The summed E-state index contributed by atoms with van der Waals surface area (Å²) in [6.45, 7) is 12.4. The van der Waals surface area contributed by atoms with Gasteiger partial charge in [0.1, 0.15) is 0 Å². The van der Waals surface area contributed by atoms with Crippen LogP contribution in [0, 0.1) is 0 Å². The Morgan fingerprint density at radius 1 is 0.966 bits per heavy atom. The second-order valence-corrected chi connectivity index (χ2v) is 8.25. The van der Waals surface area contributed by atoms with Gasteiger partial charge < -0.3 is 20.1 Å². The topological polar surface area (TPSA) is 59.6 Å². The molecule has 0 aliphatic carbocycles. The molecule has 0 radical (unpaired) electrons. The fourth-order valence-corrected chi connectivity index (χ4v) is 2.91. The molecule has 0 atom stereocenters. The van der Waals surface area contributed by atoms with Crippen LogP contribution in [0.3, 0.4) is 0 Å². The average Bonchev–Trinajstić information content (AvgIpc) is 2.62. The van der Waals surface area contributed by atoms with Gasteiger partial charge in [-0.1, -0.05) is 45.1 Å². The van der Waals surface area contributed by atoms with E-state index in [9.17, 15) is 4.79 Å². The van der Waals surface area contributed by atoms with E-state index < -0.39 is 0 Å². The third-order valence-electron chi connectivity index (χ3n) is 4.22. The molecule has 29 heavy (non-hydrogen) atoms. The maximum absolute atomic E-state index is 12.0. The Morgan fingerprint density at radius 3 is 2.31 bits per heavy atom. The lowest BCUT2D eigenvalue weighted by Gasteiger charge is -2.21. The van der Waals surface area contributed by atoms with Crippen molar-refractivity contribution in [2.24, 2.45) is 0 Å². The summed E-state index contributed by atoms with van der Waals surface area (Å²) >= 11 is 0. The lowest BCUT2D eigenvalue weighted by molar-refractivity contribution is -0.124. The van der Waals surface area contributed by atoms with Crippen LogP contribution in [-0.2, 0) is 11.3 Å². The van der Waals surface area contributed by atoms with E-state index in [1.807, 2.05) is 45.9 Å². The van der Waals surface area contributed by atoms with Gasteiger partial charge in [0.2, 0.25) is 0 Å². The van der Waals surface area contributed by atoms with Crippen molar-refractivity contribution in [2.45, 2.75) is 85.2 Å². The van der Waals surface area contributed by atoms with Crippen molar-refractivity contribution in [1.29, 1.82) is 0 Å². The Hall–Kier alpha value is -1.46. The Morgan fingerprint density at radius 2 is 1.66 bits per heavy atom. The molecule has 0 heterocycles. The molecule has 1 aromatic rings. The number of nitrogens with one attached hydrogen (secondary N) is 2. The Bertz CT molecular complexity index is 574. The van der Waals surface area contributed by atoms with E-state index in [-0.39, 0.29) is 30.5 Å². The van der Waals surface area contributed by atoms with Gasteiger partial charge in [0.15, 0.2) is 18.1 Å². The van der Waals surface area contributed by atoms with Crippen molar-refractivity contribution in [3.63, 3.8) is 0 Å². The molecule has 0 bridgehead atoms. The largest absolute Gasteiger partial charge is 0.490 e. The summed E-state index contributed by atoms with van der Waals surface area (Å²) in [5.74, 6) is 1.15. The monoisotopic (exact) mass is 428 g/mol. The highest BCUT2D eigenvalue weighted by molar-refractivity contribution is 5.85. The van der Waals surface area contributed by atoms with Gasteiger partial charge in [-0.2, -0.15) is 0 Å². The maximum atomic E-state index is 12.0. The Balaban J connectivity index is 0.00000784. The van der Waals surface area contributed by atoms with Gasteiger partial charge >= 0.3 is 0 Å². The van der Waals surface area contributed by atoms with Crippen LogP contribution in [-0.4, -0.2) is 31.2 Å². The zero-order valence-electron chi connectivity index (χ0n) is 18.9. The Labute approximate surface area is 183 Å². The van der Waals surface area contributed by atoms with Gasteiger partial charge in [0.25, 0.3) is 5.91 Å². The van der Waals surface area contributed by atoms with Crippen molar-refractivity contribution in [2.75, 3.05) is 19.8 Å². The minimum absolute atomic E-state index is 0. The number of rotatable bonds is 14. The first-order valence-corrected chi connectivity index (χ1v) is 10.8. The second-order valence-electron chi connectivity index (χ2n) is 8.25. The van der Waals surface area contributed by atoms with Crippen molar-refractivity contribution in [3.05, 3.63) is 23.8 Å². The van der Waals surface area contributed by atoms with E-state index in [2.05, 4.69) is 17.6 Å². The van der Waals surface area contributed by atoms with Crippen LogP contribution >= 0.6 is 12.4 Å². The molecule has 2 N–H and O–H groups in total. The highest BCUT2D eigenvalue weighted by atomic mass is 35.5. The SMILES string of the molecule is CCCCCCCCNCc1ccc(OCC(=O)NC(C)(C)C)c(OCC)c1.Cl.